The van der Waals surface area contributed by atoms with Crippen molar-refractivity contribution < 1.29 is 5.11 Å². The number of hydrazone groups is 2. The summed E-state index contributed by atoms with van der Waals surface area (Å²) in [7, 11) is 0. The fourth-order valence-electron chi connectivity index (χ4n) is 1.19. The normalized spacial score (nSPS) is 13.6. The Labute approximate surface area is 109 Å². The smallest absolute Gasteiger partial charge is 0.231 e. The molecule has 7 nitrogen and oxygen atoms in total. The van der Waals surface area contributed by atoms with Crippen LogP contribution in [0.4, 0.5) is 5.69 Å². The number of hydrogen-bond donors (Lipinski definition) is 5. The SMILES string of the molecule is CC(O)Nc1cc(Cl)ccc1/C=N/NC(N)=NN. The molecule has 1 rings (SSSR count). The lowest BCUT2D eigenvalue weighted by molar-refractivity contribution is 0.224. The molecule has 0 radical (unpaired) electrons. The standard InChI is InChI=1S/C10H15ClN6O/c1-6(18)15-9-4-8(11)3-2-7(9)5-14-17-10(12)16-13/h2-6,15,18H,13H2,1H3,(H3,12,16,17)/b14-5+. The predicted molar refractivity (Wildman–Crippen MR) is 73.3 cm³/mol. The van der Waals surface area contributed by atoms with Crippen LogP contribution in [0.15, 0.2) is 28.4 Å². The zero-order valence-corrected chi connectivity index (χ0v) is 10.5. The number of guanidine groups is 1. The molecule has 1 aromatic rings. The van der Waals surface area contributed by atoms with E-state index >= 15 is 0 Å². The van der Waals surface area contributed by atoms with E-state index in [1.54, 1.807) is 25.1 Å². The second-order valence-electron chi connectivity index (χ2n) is 3.44. The Morgan fingerprint density at radius 2 is 2.28 bits per heavy atom. The third kappa shape index (κ3) is 4.48. The number of anilines is 1. The second kappa shape index (κ2) is 6.67. The third-order valence-electron chi connectivity index (χ3n) is 1.90. The monoisotopic (exact) mass is 270 g/mol. The largest absolute Gasteiger partial charge is 0.374 e. The number of aliphatic hydroxyl groups is 1. The Morgan fingerprint density at radius 3 is 2.89 bits per heavy atom. The van der Waals surface area contributed by atoms with E-state index in [1.165, 1.54) is 6.21 Å². The number of halogens is 1. The maximum absolute atomic E-state index is 9.30. The zero-order chi connectivity index (χ0) is 13.5. The van der Waals surface area contributed by atoms with Gasteiger partial charge in [-0.3, -0.25) is 0 Å². The number of nitrogens with one attached hydrogen (secondary N) is 2. The maximum Gasteiger partial charge on any atom is 0.231 e. The summed E-state index contributed by atoms with van der Waals surface area (Å²) in [5.41, 5.74) is 9.09. The Kier molecular flexibility index (Phi) is 5.22. The van der Waals surface area contributed by atoms with Gasteiger partial charge in [-0.2, -0.15) is 5.10 Å². The highest BCUT2D eigenvalue weighted by Crippen LogP contribution is 2.20. The minimum Gasteiger partial charge on any atom is -0.374 e. The van der Waals surface area contributed by atoms with Gasteiger partial charge in [0.15, 0.2) is 0 Å². The number of nitrogens with zero attached hydrogens (tertiary/aromatic N) is 2. The molecule has 0 amide bonds. The number of aliphatic hydroxyl groups excluding tert-OH is 1. The van der Waals surface area contributed by atoms with Crippen LogP contribution in [-0.2, 0) is 0 Å². The summed E-state index contributed by atoms with van der Waals surface area (Å²) in [6.45, 7) is 1.60. The molecule has 0 aliphatic carbocycles. The van der Waals surface area contributed by atoms with Crippen molar-refractivity contribution in [3.8, 4) is 0 Å². The molecule has 0 spiro atoms. The summed E-state index contributed by atoms with van der Waals surface area (Å²) in [6, 6.07) is 5.13. The van der Waals surface area contributed by atoms with E-state index in [-0.39, 0.29) is 5.96 Å². The van der Waals surface area contributed by atoms with Crippen molar-refractivity contribution in [2.75, 3.05) is 5.32 Å². The van der Waals surface area contributed by atoms with Crippen molar-refractivity contribution >= 4 is 29.5 Å². The Morgan fingerprint density at radius 1 is 1.56 bits per heavy atom. The topological polar surface area (TPSA) is 121 Å². The summed E-state index contributed by atoms with van der Waals surface area (Å²) < 4.78 is 0. The molecule has 0 bridgehead atoms. The molecule has 0 aromatic heterocycles. The molecule has 0 heterocycles. The van der Waals surface area contributed by atoms with E-state index in [0.717, 1.165) is 5.56 Å². The third-order valence-corrected chi connectivity index (χ3v) is 2.14. The van der Waals surface area contributed by atoms with Crippen LogP contribution in [0.3, 0.4) is 0 Å². The highest BCUT2D eigenvalue weighted by atomic mass is 35.5. The first-order chi connectivity index (χ1) is 8.52. The summed E-state index contributed by atoms with van der Waals surface area (Å²) in [5.74, 6) is 4.92. The van der Waals surface area contributed by atoms with Crippen LogP contribution in [0.25, 0.3) is 0 Å². The lowest BCUT2D eigenvalue weighted by Crippen LogP contribution is -2.28. The fraction of sp³-hybridized carbons (Fsp3) is 0.200. The van der Waals surface area contributed by atoms with E-state index in [0.29, 0.717) is 10.7 Å². The van der Waals surface area contributed by atoms with Crippen molar-refractivity contribution in [1.82, 2.24) is 5.43 Å². The molecule has 0 saturated carbocycles. The van der Waals surface area contributed by atoms with Crippen molar-refractivity contribution in [1.29, 1.82) is 0 Å². The number of benzene rings is 1. The fourth-order valence-corrected chi connectivity index (χ4v) is 1.36. The Balaban J connectivity index is 2.87. The first kappa shape index (κ1) is 14.1. The molecule has 1 unspecified atom stereocenters. The van der Waals surface area contributed by atoms with E-state index in [9.17, 15) is 5.11 Å². The van der Waals surface area contributed by atoms with Gasteiger partial charge in [-0.1, -0.05) is 11.6 Å². The summed E-state index contributed by atoms with van der Waals surface area (Å²) in [6.07, 6.45) is 0.790. The lowest BCUT2D eigenvalue weighted by atomic mass is 10.2. The van der Waals surface area contributed by atoms with Crippen LogP contribution in [0, 0.1) is 0 Å². The van der Waals surface area contributed by atoms with Gasteiger partial charge in [-0.05, 0) is 25.1 Å². The van der Waals surface area contributed by atoms with Crippen LogP contribution in [0.1, 0.15) is 12.5 Å². The van der Waals surface area contributed by atoms with Crippen molar-refractivity contribution in [3.05, 3.63) is 28.8 Å². The maximum atomic E-state index is 9.30. The molecule has 1 atom stereocenters. The Bertz CT molecular complexity index is 460. The number of rotatable bonds is 4. The molecule has 0 fully saturated rings. The van der Waals surface area contributed by atoms with Gasteiger partial charge < -0.3 is 22.0 Å². The van der Waals surface area contributed by atoms with Crippen LogP contribution in [0.5, 0.6) is 0 Å². The van der Waals surface area contributed by atoms with E-state index in [2.05, 4.69) is 20.9 Å². The van der Waals surface area contributed by atoms with Crippen LogP contribution in [0.2, 0.25) is 5.02 Å². The summed E-state index contributed by atoms with van der Waals surface area (Å²) in [4.78, 5) is 0. The molecule has 7 N–H and O–H groups in total. The molecule has 0 saturated heterocycles. The van der Waals surface area contributed by atoms with Gasteiger partial charge in [0.25, 0.3) is 0 Å². The van der Waals surface area contributed by atoms with Gasteiger partial charge in [-0.15, -0.1) is 5.10 Å². The molecular weight excluding hydrogens is 256 g/mol. The van der Waals surface area contributed by atoms with Crippen LogP contribution < -0.4 is 22.3 Å². The van der Waals surface area contributed by atoms with Crippen LogP contribution in [-0.4, -0.2) is 23.5 Å². The second-order valence-corrected chi connectivity index (χ2v) is 3.87. The molecule has 0 aliphatic heterocycles. The molecule has 1 aromatic carbocycles. The van der Waals surface area contributed by atoms with Crippen molar-refractivity contribution in [3.63, 3.8) is 0 Å². The van der Waals surface area contributed by atoms with E-state index in [1.807, 2.05) is 0 Å². The molecule has 18 heavy (non-hydrogen) atoms. The van der Waals surface area contributed by atoms with Gasteiger partial charge in [0.1, 0.15) is 6.23 Å². The number of hydrogen-bond acceptors (Lipinski definition) is 5. The quantitative estimate of drug-likeness (QED) is 0.176. The average Bonchev–Trinajstić information content (AvgIpc) is 2.31. The first-order valence-electron chi connectivity index (χ1n) is 5.09. The van der Waals surface area contributed by atoms with Crippen molar-refractivity contribution in [2.45, 2.75) is 13.2 Å². The zero-order valence-electron chi connectivity index (χ0n) is 9.76. The van der Waals surface area contributed by atoms with Gasteiger partial charge >= 0.3 is 0 Å². The molecular formula is C10H15ClN6O. The van der Waals surface area contributed by atoms with Gasteiger partial charge in [0.2, 0.25) is 5.96 Å². The highest BCUT2D eigenvalue weighted by Gasteiger charge is 2.03. The number of nitrogens with two attached hydrogens (primary N) is 2. The summed E-state index contributed by atoms with van der Waals surface area (Å²) in [5, 5.41) is 19.7. The van der Waals surface area contributed by atoms with Gasteiger partial charge in [-0.25, -0.2) is 5.43 Å². The lowest BCUT2D eigenvalue weighted by Gasteiger charge is -2.12. The molecule has 0 aliphatic rings. The van der Waals surface area contributed by atoms with Gasteiger partial charge in [0.05, 0.1) is 6.21 Å². The Hall–Kier alpha value is -1.99. The molecule has 98 valence electrons. The molecule has 8 heteroatoms. The minimum atomic E-state index is -0.709. The van der Waals surface area contributed by atoms with E-state index in [4.69, 9.17) is 23.2 Å². The van der Waals surface area contributed by atoms with Crippen molar-refractivity contribution in [2.24, 2.45) is 21.8 Å². The van der Waals surface area contributed by atoms with E-state index < -0.39 is 6.23 Å². The highest BCUT2D eigenvalue weighted by molar-refractivity contribution is 6.31. The summed E-state index contributed by atoms with van der Waals surface area (Å²) >= 11 is 5.87. The minimum absolute atomic E-state index is 0.00903. The average molecular weight is 271 g/mol. The predicted octanol–water partition coefficient (Wildman–Crippen LogP) is 0.202. The van der Waals surface area contributed by atoms with Crippen LogP contribution >= 0.6 is 11.6 Å². The van der Waals surface area contributed by atoms with Gasteiger partial charge in [0, 0.05) is 16.3 Å². The first-order valence-corrected chi connectivity index (χ1v) is 5.47.